The average molecular weight is 253 g/mol. The summed E-state index contributed by atoms with van der Waals surface area (Å²) in [5, 5.41) is 0.326. The van der Waals surface area contributed by atoms with Crippen LogP contribution in [0.25, 0.3) is 0 Å². The second-order valence-electron chi connectivity index (χ2n) is 3.65. The number of alkyl halides is 2. The predicted molar refractivity (Wildman–Crippen MR) is 54.6 cm³/mol. The smallest absolute Gasteiger partial charge is 0.260 e. The van der Waals surface area contributed by atoms with Gasteiger partial charge in [-0.05, 0) is 11.6 Å². The first kappa shape index (κ1) is 11.0. The standard InChI is InChI=1S/C9H8Cl2F2N2/c10-6-2-15-7(11)1-5(6)8(4-14)3-9(8,12)13/h1-2H,3-4,14H2. The summed E-state index contributed by atoms with van der Waals surface area (Å²) < 4.78 is 26.5. The number of halogens is 4. The van der Waals surface area contributed by atoms with Gasteiger partial charge in [0.05, 0.1) is 10.4 Å². The number of rotatable bonds is 2. The average Bonchev–Trinajstić information content (AvgIpc) is 2.74. The van der Waals surface area contributed by atoms with E-state index in [-0.39, 0.29) is 28.7 Å². The Bertz CT molecular complexity index is 411. The van der Waals surface area contributed by atoms with E-state index in [1.165, 1.54) is 12.3 Å². The summed E-state index contributed by atoms with van der Waals surface area (Å²) in [6.45, 7) is -0.153. The molecule has 1 aliphatic rings. The zero-order chi connectivity index (χ0) is 11.3. The molecule has 1 aliphatic carbocycles. The highest BCUT2D eigenvalue weighted by Gasteiger charge is 2.71. The molecule has 1 fully saturated rings. The lowest BCUT2D eigenvalue weighted by atomic mass is 9.96. The quantitative estimate of drug-likeness (QED) is 0.823. The summed E-state index contributed by atoms with van der Waals surface area (Å²) in [6, 6.07) is 1.36. The Morgan fingerprint density at radius 3 is 2.53 bits per heavy atom. The Kier molecular flexibility index (Phi) is 2.41. The van der Waals surface area contributed by atoms with Crippen LogP contribution in [0.5, 0.6) is 0 Å². The first-order chi connectivity index (χ1) is 6.93. The minimum atomic E-state index is -2.80. The molecule has 0 aliphatic heterocycles. The van der Waals surface area contributed by atoms with Crippen molar-refractivity contribution in [3.05, 3.63) is 28.0 Å². The number of aromatic nitrogens is 1. The van der Waals surface area contributed by atoms with Crippen LogP contribution < -0.4 is 5.73 Å². The van der Waals surface area contributed by atoms with E-state index in [9.17, 15) is 8.78 Å². The molecule has 0 amide bonds. The fourth-order valence-corrected chi connectivity index (χ4v) is 2.18. The van der Waals surface area contributed by atoms with E-state index in [0.29, 0.717) is 0 Å². The molecule has 1 unspecified atom stereocenters. The topological polar surface area (TPSA) is 38.9 Å². The normalized spacial score (nSPS) is 27.8. The van der Waals surface area contributed by atoms with E-state index in [0.717, 1.165) is 0 Å². The highest BCUT2D eigenvalue weighted by molar-refractivity contribution is 6.32. The van der Waals surface area contributed by atoms with E-state index in [4.69, 9.17) is 28.9 Å². The molecule has 15 heavy (non-hydrogen) atoms. The van der Waals surface area contributed by atoms with Crippen LogP contribution in [0.1, 0.15) is 12.0 Å². The maximum atomic E-state index is 13.2. The fourth-order valence-electron chi connectivity index (χ4n) is 1.74. The fraction of sp³-hybridized carbons (Fsp3) is 0.444. The van der Waals surface area contributed by atoms with Gasteiger partial charge in [0.2, 0.25) is 0 Å². The van der Waals surface area contributed by atoms with E-state index >= 15 is 0 Å². The number of hydrogen-bond donors (Lipinski definition) is 1. The van der Waals surface area contributed by atoms with E-state index in [1.807, 2.05) is 0 Å². The SMILES string of the molecule is NCC1(c2cc(Cl)ncc2Cl)CC1(F)F. The molecule has 0 aromatic carbocycles. The van der Waals surface area contributed by atoms with Gasteiger partial charge < -0.3 is 5.73 Å². The van der Waals surface area contributed by atoms with Crippen molar-refractivity contribution in [3.63, 3.8) is 0 Å². The summed E-state index contributed by atoms with van der Waals surface area (Å²) in [4.78, 5) is 3.71. The van der Waals surface area contributed by atoms with Gasteiger partial charge in [0.1, 0.15) is 5.15 Å². The molecule has 0 radical (unpaired) electrons. The molecule has 2 N–H and O–H groups in total. The highest BCUT2D eigenvalue weighted by atomic mass is 35.5. The predicted octanol–water partition coefficient (Wildman–Crippen LogP) is 2.62. The maximum absolute atomic E-state index is 13.2. The molecular formula is C9H8Cl2F2N2. The van der Waals surface area contributed by atoms with Gasteiger partial charge in [-0.15, -0.1) is 0 Å². The van der Waals surface area contributed by atoms with Gasteiger partial charge in [-0.1, -0.05) is 23.2 Å². The Balaban J connectivity index is 2.50. The first-order valence-corrected chi connectivity index (χ1v) is 5.08. The van der Waals surface area contributed by atoms with Gasteiger partial charge in [0.15, 0.2) is 0 Å². The van der Waals surface area contributed by atoms with Crippen molar-refractivity contribution in [1.29, 1.82) is 0 Å². The van der Waals surface area contributed by atoms with Gasteiger partial charge in [0.25, 0.3) is 5.92 Å². The second-order valence-corrected chi connectivity index (χ2v) is 4.45. The van der Waals surface area contributed by atoms with E-state index in [2.05, 4.69) is 4.98 Å². The Hall–Kier alpha value is -0.450. The highest BCUT2D eigenvalue weighted by Crippen LogP contribution is 2.62. The van der Waals surface area contributed by atoms with E-state index in [1.54, 1.807) is 0 Å². The van der Waals surface area contributed by atoms with Crippen LogP contribution in [-0.4, -0.2) is 17.5 Å². The molecule has 0 bridgehead atoms. The molecular weight excluding hydrogens is 245 g/mol. The molecule has 1 atom stereocenters. The van der Waals surface area contributed by atoms with Crippen LogP contribution in [0, 0.1) is 0 Å². The lowest BCUT2D eigenvalue weighted by Crippen LogP contribution is -2.27. The van der Waals surface area contributed by atoms with Gasteiger partial charge in [-0.25, -0.2) is 13.8 Å². The minimum absolute atomic E-state index is 0.143. The van der Waals surface area contributed by atoms with Crippen LogP contribution in [0.2, 0.25) is 10.2 Å². The largest absolute Gasteiger partial charge is 0.329 e. The third kappa shape index (κ3) is 1.51. The third-order valence-corrected chi connectivity index (χ3v) is 3.29. The molecule has 1 heterocycles. The third-order valence-electron chi connectivity index (χ3n) is 2.78. The van der Waals surface area contributed by atoms with Crippen molar-refractivity contribution in [2.45, 2.75) is 17.8 Å². The maximum Gasteiger partial charge on any atom is 0.260 e. The summed E-state index contributed by atoms with van der Waals surface area (Å²) in [5.41, 5.74) is 4.33. The second kappa shape index (κ2) is 3.27. The van der Waals surface area contributed by atoms with E-state index < -0.39 is 11.3 Å². The van der Waals surface area contributed by atoms with Crippen molar-refractivity contribution in [3.8, 4) is 0 Å². The monoisotopic (exact) mass is 252 g/mol. The zero-order valence-electron chi connectivity index (χ0n) is 7.61. The zero-order valence-corrected chi connectivity index (χ0v) is 9.12. The molecule has 1 saturated carbocycles. The van der Waals surface area contributed by atoms with Gasteiger partial charge >= 0.3 is 0 Å². The van der Waals surface area contributed by atoms with Gasteiger partial charge in [0, 0.05) is 19.2 Å². The molecule has 1 aromatic rings. The number of nitrogens with zero attached hydrogens (tertiary/aromatic N) is 1. The van der Waals surface area contributed by atoms with Crippen molar-refractivity contribution < 1.29 is 8.78 Å². The van der Waals surface area contributed by atoms with Gasteiger partial charge in [-0.2, -0.15) is 0 Å². The van der Waals surface area contributed by atoms with Crippen LogP contribution >= 0.6 is 23.2 Å². The molecule has 2 nitrogen and oxygen atoms in total. The van der Waals surface area contributed by atoms with Crippen molar-refractivity contribution >= 4 is 23.2 Å². The number of hydrogen-bond acceptors (Lipinski definition) is 2. The van der Waals surface area contributed by atoms with Crippen LogP contribution in [-0.2, 0) is 5.41 Å². The van der Waals surface area contributed by atoms with Crippen LogP contribution in [0.3, 0.4) is 0 Å². The summed E-state index contributed by atoms with van der Waals surface area (Å²) in [5.74, 6) is -2.80. The Morgan fingerprint density at radius 1 is 1.47 bits per heavy atom. The molecule has 6 heteroatoms. The van der Waals surface area contributed by atoms with Crippen molar-refractivity contribution in [2.24, 2.45) is 5.73 Å². The summed E-state index contributed by atoms with van der Waals surface area (Å²) in [7, 11) is 0. The first-order valence-electron chi connectivity index (χ1n) is 4.32. The lowest BCUT2D eigenvalue weighted by Gasteiger charge is -2.15. The Morgan fingerprint density at radius 2 is 2.07 bits per heavy atom. The number of pyridine rings is 1. The summed E-state index contributed by atoms with van der Waals surface area (Å²) in [6.07, 6.45) is 0.988. The number of nitrogens with two attached hydrogens (primary N) is 1. The molecule has 0 spiro atoms. The lowest BCUT2D eigenvalue weighted by molar-refractivity contribution is 0.0896. The molecule has 2 rings (SSSR count). The summed E-state index contributed by atoms with van der Waals surface area (Å²) >= 11 is 11.5. The molecule has 82 valence electrons. The van der Waals surface area contributed by atoms with Gasteiger partial charge in [-0.3, -0.25) is 0 Å². The van der Waals surface area contributed by atoms with Crippen LogP contribution in [0.15, 0.2) is 12.3 Å². The van der Waals surface area contributed by atoms with Crippen molar-refractivity contribution in [1.82, 2.24) is 4.98 Å². The minimum Gasteiger partial charge on any atom is -0.329 e. The molecule has 0 saturated heterocycles. The van der Waals surface area contributed by atoms with Crippen LogP contribution in [0.4, 0.5) is 8.78 Å². The Labute approximate surface area is 95.4 Å². The molecule has 1 aromatic heterocycles. The van der Waals surface area contributed by atoms with Crippen molar-refractivity contribution in [2.75, 3.05) is 6.54 Å².